The monoisotopic (exact) mass is 391 g/mol. The van der Waals surface area contributed by atoms with Gasteiger partial charge < -0.3 is 19.5 Å². The molecular weight excluding hydrogens is 362 g/mol. The predicted molar refractivity (Wildman–Crippen MR) is 118 cm³/mol. The van der Waals surface area contributed by atoms with E-state index in [0.29, 0.717) is 6.04 Å². The smallest absolute Gasteiger partial charge is 0.131 e. The van der Waals surface area contributed by atoms with Gasteiger partial charge >= 0.3 is 0 Å². The lowest BCUT2D eigenvalue weighted by atomic mass is 9.85. The average molecular weight is 392 g/mol. The van der Waals surface area contributed by atoms with Crippen LogP contribution in [0.25, 0.3) is 21.9 Å². The molecule has 1 aliphatic heterocycles. The molecule has 0 saturated carbocycles. The van der Waals surface area contributed by atoms with Crippen molar-refractivity contribution in [2.75, 3.05) is 21.3 Å². The second kappa shape index (κ2) is 7.60. The van der Waals surface area contributed by atoms with Gasteiger partial charge in [0.05, 0.1) is 26.7 Å². The molecule has 0 saturated heterocycles. The first-order chi connectivity index (χ1) is 14.0. The molecule has 3 aromatic rings. The first-order valence-electron chi connectivity index (χ1n) is 10.1. The summed E-state index contributed by atoms with van der Waals surface area (Å²) in [5.41, 5.74) is 6.02. The SMILES string of the molecule is COc1c(-c2c(C)cc(OC)c3c(OC)cccc23)ccc2c1[C@@H](C)N[C@@H](C)C2. The van der Waals surface area contributed by atoms with Crippen molar-refractivity contribution in [3.63, 3.8) is 0 Å². The Hall–Kier alpha value is -2.72. The second-order valence-corrected chi connectivity index (χ2v) is 7.87. The number of hydrogen-bond acceptors (Lipinski definition) is 4. The standard InChI is InChI=1S/C25H29NO3/c1-14-12-21(28-5)24-18(8-7-9-20(24)27-4)22(14)19-11-10-17-13-15(2)26-16(3)23(17)25(19)29-6/h7-12,15-16,26H,13H2,1-6H3/t15-,16+/m0/s1. The Morgan fingerprint density at radius 2 is 1.69 bits per heavy atom. The number of methoxy groups -OCH3 is 3. The minimum absolute atomic E-state index is 0.239. The Morgan fingerprint density at radius 3 is 2.38 bits per heavy atom. The number of hydrogen-bond donors (Lipinski definition) is 1. The molecule has 0 radical (unpaired) electrons. The van der Waals surface area contributed by atoms with E-state index in [4.69, 9.17) is 14.2 Å². The molecule has 29 heavy (non-hydrogen) atoms. The summed E-state index contributed by atoms with van der Waals surface area (Å²) in [6.45, 7) is 6.56. The fourth-order valence-electron chi connectivity index (χ4n) is 4.84. The normalized spacial score (nSPS) is 18.4. The van der Waals surface area contributed by atoms with Crippen molar-refractivity contribution in [2.24, 2.45) is 0 Å². The number of fused-ring (bicyclic) bond motifs is 2. The molecule has 0 bridgehead atoms. The summed E-state index contributed by atoms with van der Waals surface area (Å²) in [6.07, 6.45) is 1.01. The van der Waals surface area contributed by atoms with Crippen molar-refractivity contribution < 1.29 is 14.2 Å². The van der Waals surface area contributed by atoms with Crippen LogP contribution in [-0.2, 0) is 6.42 Å². The Labute approximate surface area is 172 Å². The van der Waals surface area contributed by atoms with Gasteiger partial charge in [0, 0.05) is 23.2 Å². The Balaban J connectivity index is 2.06. The molecule has 4 heteroatoms. The summed E-state index contributed by atoms with van der Waals surface area (Å²) in [5, 5.41) is 5.74. The van der Waals surface area contributed by atoms with E-state index in [1.54, 1.807) is 21.3 Å². The van der Waals surface area contributed by atoms with E-state index in [0.717, 1.165) is 51.1 Å². The maximum absolute atomic E-state index is 6.02. The number of benzene rings is 3. The fraction of sp³-hybridized carbons (Fsp3) is 0.360. The number of ether oxygens (including phenoxy) is 3. The summed E-state index contributed by atoms with van der Waals surface area (Å²) < 4.78 is 17.4. The van der Waals surface area contributed by atoms with Gasteiger partial charge in [-0.2, -0.15) is 0 Å². The number of nitrogens with one attached hydrogen (secondary N) is 1. The zero-order chi connectivity index (χ0) is 20.7. The van der Waals surface area contributed by atoms with Crippen LogP contribution in [0.1, 0.15) is 36.6 Å². The van der Waals surface area contributed by atoms with Gasteiger partial charge in [-0.15, -0.1) is 0 Å². The molecule has 152 valence electrons. The van der Waals surface area contributed by atoms with Gasteiger partial charge in [-0.05, 0) is 61.4 Å². The van der Waals surface area contributed by atoms with Crippen LogP contribution in [0.3, 0.4) is 0 Å². The van der Waals surface area contributed by atoms with E-state index >= 15 is 0 Å². The van der Waals surface area contributed by atoms with E-state index in [2.05, 4.69) is 50.4 Å². The van der Waals surface area contributed by atoms with Gasteiger partial charge in [-0.25, -0.2) is 0 Å². The largest absolute Gasteiger partial charge is 0.496 e. The third kappa shape index (κ3) is 3.12. The summed E-state index contributed by atoms with van der Waals surface area (Å²) in [5.74, 6) is 2.58. The Kier molecular flexibility index (Phi) is 5.13. The molecule has 1 aliphatic rings. The van der Waals surface area contributed by atoms with Crippen LogP contribution in [-0.4, -0.2) is 27.4 Å². The zero-order valence-electron chi connectivity index (χ0n) is 18.1. The Morgan fingerprint density at radius 1 is 0.931 bits per heavy atom. The van der Waals surface area contributed by atoms with Gasteiger partial charge in [0.15, 0.2) is 0 Å². The molecule has 2 atom stereocenters. The molecular formula is C25H29NO3. The third-order valence-electron chi connectivity index (χ3n) is 5.98. The lowest BCUT2D eigenvalue weighted by Gasteiger charge is -2.32. The van der Waals surface area contributed by atoms with Crippen LogP contribution in [0.4, 0.5) is 0 Å². The van der Waals surface area contributed by atoms with Crippen LogP contribution in [0, 0.1) is 6.92 Å². The van der Waals surface area contributed by atoms with Crippen molar-refractivity contribution in [1.82, 2.24) is 5.32 Å². The first kappa shape index (κ1) is 19.6. The molecule has 0 aliphatic carbocycles. The summed E-state index contributed by atoms with van der Waals surface area (Å²) in [7, 11) is 5.17. The zero-order valence-corrected chi connectivity index (χ0v) is 18.1. The van der Waals surface area contributed by atoms with Crippen molar-refractivity contribution in [3.8, 4) is 28.4 Å². The van der Waals surface area contributed by atoms with E-state index in [9.17, 15) is 0 Å². The molecule has 0 unspecified atom stereocenters. The summed E-state index contributed by atoms with van der Waals surface area (Å²) >= 11 is 0. The maximum Gasteiger partial charge on any atom is 0.131 e. The lowest BCUT2D eigenvalue weighted by Crippen LogP contribution is -2.36. The van der Waals surface area contributed by atoms with Crippen molar-refractivity contribution in [1.29, 1.82) is 0 Å². The minimum atomic E-state index is 0.239. The average Bonchev–Trinajstić information content (AvgIpc) is 2.71. The molecule has 1 heterocycles. The summed E-state index contributed by atoms with van der Waals surface area (Å²) in [6, 6.07) is 13.4. The molecule has 4 rings (SSSR count). The van der Waals surface area contributed by atoms with Crippen LogP contribution >= 0.6 is 0 Å². The molecule has 4 nitrogen and oxygen atoms in total. The quantitative estimate of drug-likeness (QED) is 0.643. The highest BCUT2D eigenvalue weighted by molar-refractivity contribution is 6.05. The van der Waals surface area contributed by atoms with Gasteiger partial charge in [0.2, 0.25) is 0 Å². The van der Waals surface area contributed by atoms with E-state index < -0.39 is 0 Å². The van der Waals surface area contributed by atoms with Crippen LogP contribution in [0.15, 0.2) is 36.4 Å². The van der Waals surface area contributed by atoms with Gasteiger partial charge in [0.1, 0.15) is 17.2 Å². The third-order valence-corrected chi connectivity index (χ3v) is 5.98. The molecule has 3 aromatic carbocycles. The lowest BCUT2D eigenvalue weighted by molar-refractivity contribution is 0.383. The molecule has 0 aromatic heterocycles. The van der Waals surface area contributed by atoms with Crippen molar-refractivity contribution in [3.05, 3.63) is 53.1 Å². The second-order valence-electron chi connectivity index (χ2n) is 7.87. The first-order valence-corrected chi connectivity index (χ1v) is 10.1. The number of rotatable bonds is 4. The van der Waals surface area contributed by atoms with Gasteiger partial charge in [0.25, 0.3) is 0 Å². The number of aryl methyl sites for hydroxylation is 1. The topological polar surface area (TPSA) is 39.7 Å². The molecule has 1 N–H and O–H groups in total. The van der Waals surface area contributed by atoms with Gasteiger partial charge in [-0.3, -0.25) is 0 Å². The molecule has 0 spiro atoms. The van der Waals surface area contributed by atoms with Crippen LogP contribution in [0.5, 0.6) is 17.2 Å². The Bertz CT molecular complexity index is 1070. The fourth-order valence-corrected chi connectivity index (χ4v) is 4.84. The highest BCUT2D eigenvalue weighted by Crippen LogP contribution is 2.47. The van der Waals surface area contributed by atoms with E-state index in [1.165, 1.54) is 11.1 Å². The van der Waals surface area contributed by atoms with Crippen LogP contribution < -0.4 is 19.5 Å². The maximum atomic E-state index is 6.02. The summed E-state index contributed by atoms with van der Waals surface area (Å²) in [4.78, 5) is 0. The minimum Gasteiger partial charge on any atom is -0.496 e. The highest BCUT2D eigenvalue weighted by atomic mass is 16.5. The van der Waals surface area contributed by atoms with Crippen LogP contribution in [0.2, 0.25) is 0 Å². The molecule has 0 fully saturated rings. The van der Waals surface area contributed by atoms with Gasteiger partial charge in [-0.1, -0.05) is 24.3 Å². The van der Waals surface area contributed by atoms with Crippen molar-refractivity contribution in [2.45, 2.75) is 39.3 Å². The molecule has 0 amide bonds. The van der Waals surface area contributed by atoms with Crippen molar-refractivity contribution >= 4 is 10.8 Å². The predicted octanol–water partition coefficient (Wildman–Crippen LogP) is 5.44. The van der Waals surface area contributed by atoms with E-state index in [-0.39, 0.29) is 6.04 Å². The highest BCUT2D eigenvalue weighted by Gasteiger charge is 2.27. The van der Waals surface area contributed by atoms with E-state index in [1.807, 2.05) is 12.1 Å².